The first-order chi connectivity index (χ1) is 30.6. The van der Waals surface area contributed by atoms with Gasteiger partial charge in [0.25, 0.3) is 0 Å². The Morgan fingerprint density at radius 3 is 1.50 bits per heavy atom. The van der Waals surface area contributed by atoms with Gasteiger partial charge in [-0.1, -0.05) is 139 Å². The van der Waals surface area contributed by atoms with E-state index in [0.29, 0.717) is 19.3 Å². The molecule has 0 aromatic rings. The average molecular weight is 955 g/mol. The van der Waals surface area contributed by atoms with E-state index in [1.165, 1.54) is 51.4 Å². The molecule has 0 amide bonds. The Labute approximate surface area is 380 Å². The lowest BCUT2D eigenvalue weighted by Crippen LogP contribution is -2.64. The zero-order valence-corrected chi connectivity index (χ0v) is 39.7. The summed E-state index contributed by atoms with van der Waals surface area (Å²) in [5.74, 6) is -1.28. The van der Waals surface area contributed by atoms with Gasteiger partial charge in [-0.3, -0.25) is 23.2 Å². The monoisotopic (exact) mass is 954 g/mol. The minimum Gasteiger partial charge on any atom is -0.462 e. The van der Waals surface area contributed by atoms with Crippen LogP contribution in [0.5, 0.6) is 0 Å². The molecule has 0 bridgehead atoms. The lowest BCUT2D eigenvalue weighted by Gasteiger charge is -2.43. The second kappa shape index (κ2) is 37.0. The summed E-state index contributed by atoms with van der Waals surface area (Å²) in [5, 5.41) is 50.0. The zero-order valence-electron chi connectivity index (χ0n) is 37.9. The van der Waals surface area contributed by atoms with Crippen LogP contribution in [-0.2, 0) is 41.8 Å². The third-order valence-corrected chi connectivity index (χ3v) is 12.0. The van der Waals surface area contributed by atoms with Gasteiger partial charge in [0.1, 0.15) is 43.2 Å². The number of phosphoric acid groups is 2. The van der Waals surface area contributed by atoms with E-state index in [4.69, 9.17) is 33.4 Å². The van der Waals surface area contributed by atoms with Gasteiger partial charge in [0, 0.05) is 19.4 Å². The van der Waals surface area contributed by atoms with Crippen molar-refractivity contribution in [3.05, 3.63) is 48.6 Å². The highest BCUT2D eigenvalue weighted by molar-refractivity contribution is 7.47. The molecule has 17 nitrogen and oxygen atoms in total. The number of rotatable bonds is 39. The number of ether oxygens (including phenoxy) is 2. The molecule has 5 unspecified atom stereocenters. The van der Waals surface area contributed by atoms with Crippen molar-refractivity contribution in [1.82, 2.24) is 0 Å². The topological polar surface area (TPSA) is 276 Å². The maximum atomic E-state index is 13.0. The van der Waals surface area contributed by atoms with E-state index in [2.05, 4.69) is 47.9 Å². The summed E-state index contributed by atoms with van der Waals surface area (Å²) < 4.78 is 49.2. The summed E-state index contributed by atoms with van der Waals surface area (Å²) in [5.41, 5.74) is 0. The molecule has 8 N–H and O–H groups in total. The number of phosphoric ester groups is 2. The molecule has 1 aliphatic carbocycles. The predicted molar refractivity (Wildman–Crippen MR) is 243 cm³/mol. The molecule has 64 heavy (non-hydrogen) atoms. The summed E-state index contributed by atoms with van der Waals surface area (Å²) >= 11 is 0. The molecule has 1 aliphatic rings. The Kier molecular flexibility index (Phi) is 34.6. The Hall–Kier alpha value is -2.08. The highest BCUT2D eigenvalue weighted by atomic mass is 31.2. The van der Waals surface area contributed by atoms with Crippen LogP contribution in [0.25, 0.3) is 0 Å². The number of unbranched alkanes of at least 4 members (excludes halogenated alkanes) is 16. The summed E-state index contributed by atoms with van der Waals surface area (Å²) in [6, 6.07) is 0. The van der Waals surface area contributed by atoms with E-state index >= 15 is 0 Å². The van der Waals surface area contributed by atoms with Crippen LogP contribution >= 0.6 is 15.6 Å². The molecular weight excluding hydrogens is 874 g/mol. The van der Waals surface area contributed by atoms with E-state index in [0.717, 1.165) is 70.6 Å². The molecule has 1 fully saturated rings. The molecule has 0 spiro atoms. The van der Waals surface area contributed by atoms with Gasteiger partial charge < -0.3 is 49.7 Å². The normalized spacial score (nSPS) is 22.2. The van der Waals surface area contributed by atoms with E-state index in [-0.39, 0.29) is 19.4 Å². The summed E-state index contributed by atoms with van der Waals surface area (Å²) in [6.45, 7) is 1.06. The van der Waals surface area contributed by atoms with Crippen molar-refractivity contribution >= 4 is 27.6 Å². The van der Waals surface area contributed by atoms with Crippen LogP contribution in [0, 0.1) is 0 Å². The van der Waals surface area contributed by atoms with Crippen LogP contribution in [0.4, 0.5) is 0 Å². The minimum atomic E-state index is -5.37. The first-order valence-electron chi connectivity index (χ1n) is 23.3. The molecule has 0 aromatic carbocycles. The van der Waals surface area contributed by atoms with Crippen LogP contribution in [0.2, 0.25) is 0 Å². The fourth-order valence-corrected chi connectivity index (χ4v) is 8.36. The molecule has 1 rings (SSSR count). The maximum absolute atomic E-state index is 13.0. The highest BCUT2D eigenvalue weighted by Crippen LogP contribution is 2.49. The molecular formula is C45H80O17P2. The number of hydrogen-bond acceptors (Lipinski definition) is 14. The Morgan fingerprint density at radius 1 is 0.531 bits per heavy atom. The zero-order chi connectivity index (χ0) is 47.5. The lowest BCUT2D eigenvalue weighted by molar-refractivity contribution is -0.216. The van der Waals surface area contributed by atoms with E-state index in [9.17, 15) is 44.0 Å². The largest absolute Gasteiger partial charge is 0.472 e. The van der Waals surface area contributed by atoms with Gasteiger partial charge in [-0.2, -0.15) is 0 Å². The average Bonchev–Trinajstić information content (AvgIpc) is 3.25. The third kappa shape index (κ3) is 31.0. The number of carbonyl (C=O) groups is 2. The summed E-state index contributed by atoms with van der Waals surface area (Å²) in [7, 11) is -10.7. The Balaban J connectivity index is 2.63. The fraction of sp³-hybridized carbons (Fsp3) is 0.778. The van der Waals surface area contributed by atoms with Gasteiger partial charge in [-0.25, -0.2) is 9.13 Å². The maximum Gasteiger partial charge on any atom is 0.472 e. The minimum absolute atomic E-state index is 0.0285. The number of hydrogen-bond donors (Lipinski definition) is 8. The second-order valence-electron chi connectivity index (χ2n) is 16.2. The first kappa shape index (κ1) is 59.9. The van der Waals surface area contributed by atoms with Gasteiger partial charge in [-0.05, 0) is 57.8 Å². The molecule has 0 saturated heterocycles. The quantitative estimate of drug-likeness (QED) is 0.0128. The first-order valence-corrected chi connectivity index (χ1v) is 26.3. The van der Waals surface area contributed by atoms with Gasteiger partial charge in [0.05, 0.1) is 6.61 Å². The van der Waals surface area contributed by atoms with E-state index < -0.39 is 83.5 Å². The molecule has 0 heterocycles. The standard InChI is InChI=1S/C45H80O17P2/c1-2-3-4-5-6-7-8-14-18-21-24-27-30-33-39(48)60-37(36-59-64(56,57)62-45-42(51)40(49)41(50)44(43(45)52)61-63(53,54)55)35-58-38(47)32-29-26-23-20-17-15-12-10-9-11-13-16-19-22-25-28-31-34-46/h9,11-12,15-16,19-20,23,37,40-46,49-52H,2-8,10,13-14,17-18,21-22,24-36H2,1H3,(H,56,57)(H2,53,54,55)/b11-9-,15-12-,19-16-,23-20-/t37-,40?,41?,42?,43?,44-,45+/m1/s1. The third-order valence-electron chi connectivity index (χ3n) is 10.5. The summed E-state index contributed by atoms with van der Waals surface area (Å²) in [6.07, 6.45) is 23.8. The summed E-state index contributed by atoms with van der Waals surface area (Å²) in [4.78, 5) is 54.2. The number of carbonyl (C=O) groups excluding carboxylic acids is 2. The highest BCUT2D eigenvalue weighted by Gasteiger charge is 2.54. The molecule has 372 valence electrons. The van der Waals surface area contributed by atoms with Crippen molar-refractivity contribution in [2.24, 2.45) is 0 Å². The van der Waals surface area contributed by atoms with Crippen molar-refractivity contribution in [3.63, 3.8) is 0 Å². The van der Waals surface area contributed by atoms with Gasteiger partial charge in [0.15, 0.2) is 6.10 Å². The number of aliphatic hydroxyl groups is 5. The van der Waals surface area contributed by atoms with Crippen LogP contribution < -0.4 is 0 Å². The predicted octanol–water partition coefficient (Wildman–Crippen LogP) is 7.48. The molecule has 19 heteroatoms. The van der Waals surface area contributed by atoms with Crippen LogP contribution in [-0.4, -0.2) is 115 Å². The lowest BCUT2D eigenvalue weighted by atomic mass is 9.85. The van der Waals surface area contributed by atoms with Crippen LogP contribution in [0.3, 0.4) is 0 Å². The van der Waals surface area contributed by atoms with E-state index in [1.807, 2.05) is 12.2 Å². The molecule has 8 atom stereocenters. The van der Waals surface area contributed by atoms with Crippen molar-refractivity contribution < 1.29 is 82.0 Å². The number of allylic oxidation sites excluding steroid dienone is 8. The number of aliphatic hydroxyl groups excluding tert-OH is 5. The van der Waals surface area contributed by atoms with Gasteiger partial charge in [-0.15, -0.1) is 0 Å². The van der Waals surface area contributed by atoms with Crippen molar-refractivity contribution in [2.75, 3.05) is 19.8 Å². The smallest absolute Gasteiger partial charge is 0.462 e. The van der Waals surface area contributed by atoms with Crippen molar-refractivity contribution in [3.8, 4) is 0 Å². The van der Waals surface area contributed by atoms with Crippen molar-refractivity contribution in [1.29, 1.82) is 0 Å². The Morgan fingerprint density at radius 2 is 0.984 bits per heavy atom. The molecule has 0 radical (unpaired) electrons. The second-order valence-corrected chi connectivity index (χ2v) is 18.8. The van der Waals surface area contributed by atoms with Gasteiger partial charge in [0.2, 0.25) is 0 Å². The number of esters is 2. The SMILES string of the molecule is CCCCCCCCCCCCCCCC(=O)O[C@H](COC(=O)CCC/C=C\C/C=C\C/C=C\C/C=C\CCCCCO)COP(=O)(O)O[C@H]1C(O)C(O)C(O)[C@@H](OP(=O)(O)O)C1O. The van der Waals surface area contributed by atoms with Crippen LogP contribution in [0.15, 0.2) is 48.6 Å². The van der Waals surface area contributed by atoms with E-state index in [1.54, 1.807) is 0 Å². The van der Waals surface area contributed by atoms with Crippen molar-refractivity contribution in [2.45, 2.75) is 204 Å². The molecule has 0 aromatic heterocycles. The Bertz CT molecular complexity index is 1430. The van der Waals surface area contributed by atoms with Crippen LogP contribution in [0.1, 0.15) is 161 Å². The van der Waals surface area contributed by atoms with Gasteiger partial charge >= 0.3 is 27.6 Å². The fourth-order valence-electron chi connectivity index (χ4n) is 6.82. The molecule has 1 saturated carbocycles. The molecule has 0 aliphatic heterocycles.